The van der Waals surface area contributed by atoms with Crippen LogP contribution in [0.1, 0.15) is 110 Å². The number of carboxylic acids is 2. The van der Waals surface area contributed by atoms with E-state index < -0.39 is 35.8 Å². The Morgan fingerprint density at radius 3 is 1.50 bits per heavy atom. The molecule has 0 aromatic carbocycles. The zero-order chi connectivity index (χ0) is 22.8. The van der Waals surface area contributed by atoms with E-state index in [9.17, 15) is 29.5 Å². The summed E-state index contributed by atoms with van der Waals surface area (Å²) < 4.78 is 0. The maximum Gasteiger partial charge on any atom is 0.337 e. The molecule has 0 saturated carbocycles. The molecule has 0 heterocycles. The molecule has 0 radical (unpaired) electrons. The highest BCUT2D eigenvalue weighted by Gasteiger charge is 2.49. The number of nitroso groups, excluding NO2 is 1. The molecule has 2 unspecified atom stereocenters. The van der Waals surface area contributed by atoms with Gasteiger partial charge in [0.2, 0.25) is 0 Å². The lowest BCUT2D eigenvalue weighted by atomic mass is 9.80. The molecule has 0 fully saturated rings. The molecule has 0 aromatic rings. The van der Waals surface area contributed by atoms with Crippen molar-refractivity contribution in [1.29, 1.82) is 0 Å². The van der Waals surface area contributed by atoms with Gasteiger partial charge in [-0.05, 0) is 6.42 Å². The lowest BCUT2D eigenvalue weighted by molar-refractivity contribution is -0.174. The fourth-order valence-corrected chi connectivity index (χ4v) is 3.75. The van der Waals surface area contributed by atoms with Gasteiger partial charge >= 0.3 is 11.9 Å². The lowest BCUT2D eigenvalue weighted by Gasteiger charge is -2.28. The SMILES string of the molecule is CCCCCCCCCCCCCCCCC(C(=O)N=O)C(O)(CC(=O)O)C(=O)O. The average molecular weight is 430 g/mol. The number of carbonyl (C=O) groups is 3. The first-order valence-corrected chi connectivity index (χ1v) is 11.3. The van der Waals surface area contributed by atoms with E-state index in [0.717, 1.165) is 19.3 Å². The first-order chi connectivity index (χ1) is 14.3. The first kappa shape index (κ1) is 28.2. The van der Waals surface area contributed by atoms with Crippen molar-refractivity contribution < 1.29 is 29.7 Å². The van der Waals surface area contributed by atoms with E-state index in [1.54, 1.807) is 0 Å². The van der Waals surface area contributed by atoms with Crippen LogP contribution in [0.5, 0.6) is 0 Å². The van der Waals surface area contributed by atoms with Crippen LogP contribution in [0.3, 0.4) is 0 Å². The summed E-state index contributed by atoms with van der Waals surface area (Å²) in [5, 5.41) is 30.5. The van der Waals surface area contributed by atoms with E-state index >= 15 is 0 Å². The van der Waals surface area contributed by atoms with Crippen molar-refractivity contribution in [3.05, 3.63) is 4.91 Å². The minimum Gasteiger partial charge on any atom is -0.481 e. The van der Waals surface area contributed by atoms with Crippen LogP contribution in [-0.4, -0.2) is 38.8 Å². The van der Waals surface area contributed by atoms with Gasteiger partial charge in [0.1, 0.15) is 0 Å². The number of carbonyl (C=O) groups excluding carboxylic acids is 1. The molecule has 0 aromatic heterocycles. The van der Waals surface area contributed by atoms with Gasteiger partial charge in [-0.25, -0.2) is 4.79 Å². The molecule has 0 rings (SSSR count). The maximum absolute atomic E-state index is 11.7. The number of aliphatic hydroxyl groups is 1. The molecular weight excluding hydrogens is 390 g/mol. The van der Waals surface area contributed by atoms with E-state index in [0.29, 0.717) is 12.8 Å². The monoisotopic (exact) mass is 429 g/mol. The van der Waals surface area contributed by atoms with Crippen molar-refractivity contribution in [1.82, 2.24) is 0 Å². The number of hydrogen-bond donors (Lipinski definition) is 3. The van der Waals surface area contributed by atoms with Crippen molar-refractivity contribution in [3.63, 3.8) is 0 Å². The Labute approximate surface area is 179 Å². The zero-order valence-electron chi connectivity index (χ0n) is 18.3. The molecule has 2 atom stereocenters. The van der Waals surface area contributed by atoms with Crippen molar-refractivity contribution >= 4 is 17.8 Å². The van der Waals surface area contributed by atoms with Crippen LogP contribution < -0.4 is 0 Å². The number of hydrogen-bond acceptors (Lipinski definition) is 5. The van der Waals surface area contributed by atoms with E-state index in [2.05, 4.69) is 12.1 Å². The molecule has 3 N–H and O–H groups in total. The van der Waals surface area contributed by atoms with Crippen LogP contribution in [0.4, 0.5) is 0 Å². The third-order valence-electron chi connectivity index (χ3n) is 5.60. The van der Waals surface area contributed by atoms with Crippen molar-refractivity contribution in [2.75, 3.05) is 0 Å². The van der Waals surface area contributed by atoms with Gasteiger partial charge < -0.3 is 15.3 Å². The minimum atomic E-state index is -2.83. The third kappa shape index (κ3) is 12.0. The fraction of sp³-hybridized carbons (Fsp3) is 0.864. The molecule has 0 bridgehead atoms. The number of unbranched alkanes of at least 4 members (excludes halogenated alkanes) is 13. The zero-order valence-corrected chi connectivity index (χ0v) is 18.3. The lowest BCUT2D eigenvalue weighted by Crippen LogP contribution is -2.50. The first-order valence-electron chi connectivity index (χ1n) is 11.3. The molecule has 8 heteroatoms. The Bertz CT molecular complexity index is 524. The number of rotatable bonds is 20. The molecule has 0 saturated heterocycles. The summed E-state index contributed by atoms with van der Waals surface area (Å²) >= 11 is 0. The van der Waals surface area contributed by atoms with Gasteiger partial charge in [-0.3, -0.25) is 9.59 Å². The predicted octanol–water partition coefficient (Wildman–Crippen LogP) is 5.06. The van der Waals surface area contributed by atoms with Crippen LogP contribution in [0.2, 0.25) is 0 Å². The van der Waals surface area contributed by atoms with Crippen molar-refractivity contribution in [3.8, 4) is 0 Å². The quantitative estimate of drug-likeness (QED) is 0.181. The molecule has 0 aliphatic carbocycles. The Kier molecular flexibility index (Phi) is 15.9. The van der Waals surface area contributed by atoms with Gasteiger partial charge in [0.25, 0.3) is 5.91 Å². The number of carboxylic acid groups (broad SMARTS) is 2. The molecule has 1 amide bonds. The van der Waals surface area contributed by atoms with Gasteiger partial charge in [-0.1, -0.05) is 96.8 Å². The van der Waals surface area contributed by atoms with Crippen LogP contribution in [0, 0.1) is 10.8 Å². The summed E-state index contributed by atoms with van der Waals surface area (Å²) in [6.07, 6.45) is 14.5. The van der Waals surface area contributed by atoms with Crippen molar-refractivity contribution in [2.24, 2.45) is 11.1 Å². The van der Waals surface area contributed by atoms with E-state index in [-0.39, 0.29) is 6.42 Å². The Hall–Kier alpha value is -1.83. The summed E-state index contributed by atoms with van der Waals surface area (Å²) in [4.78, 5) is 44.6. The highest BCUT2D eigenvalue weighted by Crippen LogP contribution is 2.29. The Balaban J connectivity index is 4.06. The highest BCUT2D eigenvalue weighted by atomic mass is 16.4. The number of nitrogens with zero attached hydrogens (tertiary/aromatic N) is 1. The Morgan fingerprint density at radius 2 is 1.17 bits per heavy atom. The molecule has 8 nitrogen and oxygen atoms in total. The fourth-order valence-electron chi connectivity index (χ4n) is 3.75. The number of aliphatic carboxylic acids is 2. The predicted molar refractivity (Wildman–Crippen MR) is 114 cm³/mol. The topological polar surface area (TPSA) is 141 Å². The van der Waals surface area contributed by atoms with Gasteiger partial charge in [-0.15, -0.1) is 4.91 Å². The third-order valence-corrected chi connectivity index (χ3v) is 5.60. The van der Waals surface area contributed by atoms with Crippen LogP contribution in [0.25, 0.3) is 0 Å². The summed E-state index contributed by atoms with van der Waals surface area (Å²) in [6, 6.07) is 0. The number of amides is 1. The molecule has 0 aliphatic heterocycles. The molecule has 0 aliphatic rings. The second-order valence-electron chi connectivity index (χ2n) is 8.17. The maximum atomic E-state index is 11.7. The van der Waals surface area contributed by atoms with E-state index in [4.69, 9.17) is 5.11 Å². The summed E-state index contributed by atoms with van der Waals surface area (Å²) in [5.74, 6) is -6.38. The standard InChI is InChI=1S/C22H39NO7/c1-2-3-4-5-6-7-8-9-10-11-12-13-14-15-16-18(20(26)23-30)22(29,21(27)28)17-19(24)25/h18,29H,2-17H2,1H3,(H,24,25)(H,27,28). The largest absolute Gasteiger partial charge is 0.481 e. The summed E-state index contributed by atoms with van der Waals surface area (Å²) in [5.41, 5.74) is -2.83. The van der Waals surface area contributed by atoms with Gasteiger partial charge in [-0.2, -0.15) is 0 Å². The average Bonchev–Trinajstić information content (AvgIpc) is 2.69. The molecular formula is C22H39NO7. The van der Waals surface area contributed by atoms with Gasteiger partial charge in [0.15, 0.2) is 5.60 Å². The van der Waals surface area contributed by atoms with Crippen LogP contribution in [0.15, 0.2) is 5.18 Å². The van der Waals surface area contributed by atoms with Crippen molar-refractivity contribution in [2.45, 2.75) is 115 Å². The smallest absolute Gasteiger partial charge is 0.337 e. The molecule has 30 heavy (non-hydrogen) atoms. The molecule has 174 valence electrons. The van der Waals surface area contributed by atoms with E-state index in [1.165, 1.54) is 57.8 Å². The second-order valence-corrected chi connectivity index (χ2v) is 8.17. The van der Waals surface area contributed by atoms with Gasteiger partial charge in [0.05, 0.1) is 12.3 Å². The molecule has 0 spiro atoms. The normalized spacial score (nSPS) is 14.1. The highest BCUT2D eigenvalue weighted by molar-refractivity contribution is 5.92. The minimum absolute atomic E-state index is 0.0846. The Morgan fingerprint density at radius 1 is 0.767 bits per heavy atom. The summed E-state index contributed by atoms with van der Waals surface area (Å²) in [7, 11) is 0. The van der Waals surface area contributed by atoms with Crippen LogP contribution >= 0.6 is 0 Å². The van der Waals surface area contributed by atoms with Gasteiger partial charge in [0, 0.05) is 5.18 Å². The van der Waals surface area contributed by atoms with Crippen LogP contribution in [-0.2, 0) is 14.4 Å². The second kappa shape index (κ2) is 16.9. The van der Waals surface area contributed by atoms with E-state index in [1.807, 2.05) is 0 Å². The summed E-state index contributed by atoms with van der Waals surface area (Å²) in [6.45, 7) is 2.22.